The molecule has 10 heteroatoms. The predicted octanol–water partition coefficient (Wildman–Crippen LogP) is 4.51. The average Bonchev–Trinajstić information content (AvgIpc) is 3.19. The zero-order chi connectivity index (χ0) is 22.2. The van der Waals surface area contributed by atoms with Gasteiger partial charge >= 0.3 is 0 Å². The van der Waals surface area contributed by atoms with Gasteiger partial charge in [0.15, 0.2) is 0 Å². The van der Waals surface area contributed by atoms with Crippen LogP contribution in [0.2, 0.25) is 5.02 Å². The number of nitrogens with one attached hydrogen (secondary N) is 1. The molecule has 0 radical (unpaired) electrons. The monoisotopic (exact) mass is 472 g/mol. The van der Waals surface area contributed by atoms with Crippen molar-refractivity contribution in [3.05, 3.63) is 70.8 Å². The van der Waals surface area contributed by atoms with Gasteiger partial charge in [0.25, 0.3) is 5.91 Å². The Hall–Kier alpha value is -2.85. The quantitative estimate of drug-likeness (QED) is 0.461. The van der Waals surface area contributed by atoms with E-state index in [-0.39, 0.29) is 15.8 Å². The van der Waals surface area contributed by atoms with Gasteiger partial charge in [0, 0.05) is 43.1 Å². The molecule has 3 aromatic heterocycles. The lowest BCUT2D eigenvalue weighted by atomic mass is 10.1. The number of halogens is 1. The van der Waals surface area contributed by atoms with Crippen LogP contribution in [0.25, 0.3) is 21.5 Å². The first kappa shape index (κ1) is 21.4. The molecule has 0 aliphatic rings. The van der Waals surface area contributed by atoms with Crippen molar-refractivity contribution in [1.29, 1.82) is 0 Å². The Kier molecular flexibility index (Phi) is 5.76. The minimum Gasteiger partial charge on any atom is -0.321 e. The lowest BCUT2D eigenvalue weighted by Gasteiger charge is -2.14. The number of pyridine rings is 2. The fourth-order valence-electron chi connectivity index (χ4n) is 2.89. The van der Waals surface area contributed by atoms with Crippen molar-refractivity contribution in [2.24, 2.45) is 0 Å². The SMILES string of the molecule is CN(C)S(=O)(=O)c1cc(NC(=O)c2cc3cc(-c4ccccn4)cnc3s2)ccc1Cl. The molecule has 0 bridgehead atoms. The highest BCUT2D eigenvalue weighted by molar-refractivity contribution is 7.89. The number of thiophene rings is 1. The molecule has 4 rings (SSSR count). The number of hydrogen-bond donors (Lipinski definition) is 1. The van der Waals surface area contributed by atoms with E-state index in [9.17, 15) is 13.2 Å². The molecule has 1 N–H and O–H groups in total. The number of anilines is 1. The molecule has 0 atom stereocenters. The summed E-state index contributed by atoms with van der Waals surface area (Å²) >= 11 is 7.32. The smallest absolute Gasteiger partial charge is 0.265 e. The van der Waals surface area contributed by atoms with Gasteiger partial charge in [-0.1, -0.05) is 17.7 Å². The predicted molar refractivity (Wildman–Crippen MR) is 123 cm³/mol. The summed E-state index contributed by atoms with van der Waals surface area (Å²) in [5.74, 6) is -0.363. The lowest BCUT2D eigenvalue weighted by Crippen LogP contribution is -2.22. The summed E-state index contributed by atoms with van der Waals surface area (Å²) in [5, 5.41) is 3.64. The average molecular weight is 473 g/mol. The van der Waals surface area contributed by atoms with E-state index in [1.165, 1.54) is 37.6 Å². The number of carbonyl (C=O) groups is 1. The maximum absolute atomic E-state index is 12.8. The van der Waals surface area contributed by atoms with Crippen LogP contribution >= 0.6 is 22.9 Å². The summed E-state index contributed by atoms with van der Waals surface area (Å²) < 4.78 is 26.0. The summed E-state index contributed by atoms with van der Waals surface area (Å²) in [7, 11) is -0.911. The molecule has 1 amide bonds. The van der Waals surface area contributed by atoms with Crippen LogP contribution in [0.4, 0.5) is 5.69 Å². The van der Waals surface area contributed by atoms with Crippen LogP contribution in [-0.4, -0.2) is 42.7 Å². The Morgan fingerprint density at radius 1 is 1.10 bits per heavy atom. The second-order valence-electron chi connectivity index (χ2n) is 6.83. The zero-order valence-electron chi connectivity index (χ0n) is 16.5. The van der Waals surface area contributed by atoms with Gasteiger partial charge in [0.2, 0.25) is 10.0 Å². The van der Waals surface area contributed by atoms with Gasteiger partial charge in [-0.05, 0) is 42.5 Å². The molecular formula is C21H17ClN4O3S2. The Labute approximate surface area is 188 Å². The van der Waals surface area contributed by atoms with Crippen molar-refractivity contribution < 1.29 is 13.2 Å². The molecule has 0 saturated carbocycles. The molecule has 158 valence electrons. The topological polar surface area (TPSA) is 92.3 Å². The summed E-state index contributed by atoms with van der Waals surface area (Å²) in [6.07, 6.45) is 3.43. The van der Waals surface area contributed by atoms with E-state index in [1.807, 2.05) is 24.3 Å². The zero-order valence-corrected chi connectivity index (χ0v) is 18.9. The van der Waals surface area contributed by atoms with E-state index in [0.29, 0.717) is 10.6 Å². The van der Waals surface area contributed by atoms with Crippen LogP contribution in [0.15, 0.2) is 65.8 Å². The lowest BCUT2D eigenvalue weighted by molar-refractivity contribution is 0.103. The Morgan fingerprint density at radius 2 is 1.90 bits per heavy atom. The van der Waals surface area contributed by atoms with Crippen molar-refractivity contribution in [3.8, 4) is 11.3 Å². The van der Waals surface area contributed by atoms with Gasteiger partial charge in [-0.25, -0.2) is 17.7 Å². The number of hydrogen-bond acceptors (Lipinski definition) is 6. The molecule has 0 saturated heterocycles. The van der Waals surface area contributed by atoms with Gasteiger partial charge < -0.3 is 5.32 Å². The molecular weight excluding hydrogens is 456 g/mol. The van der Waals surface area contributed by atoms with Crippen molar-refractivity contribution in [2.75, 3.05) is 19.4 Å². The second kappa shape index (κ2) is 8.35. The van der Waals surface area contributed by atoms with Crippen molar-refractivity contribution in [2.45, 2.75) is 4.90 Å². The fraction of sp³-hybridized carbons (Fsp3) is 0.0952. The molecule has 7 nitrogen and oxygen atoms in total. The first-order valence-corrected chi connectivity index (χ1v) is 11.7. The van der Waals surface area contributed by atoms with Gasteiger partial charge in [-0.3, -0.25) is 9.78 Å². The molecule has 0 spiro atoms. The number of sulfonamides is 1. The summed E-state index contributed by atoms with van der Waals surface area (Å²) in [6.45, 7) is 0. The number of rotatable bonds is 5. The number of carbonyl (C=O) groups excluding carboxylic acids is 1. The molecule has 4 aromatic rings. The van der Waals surface area contributed by atoms with Crippen LogP contribution in [0, 0.1) is 0 Å². The maximum Gasteiger partial charge on any atom is 0.265 e. The first-order valence-electron chi connectivity index (χ1n) is 9.10. The van der Waals surface area contributed by atoms with E-state index in [2.05, 4.69) is 15.3 Å². The largest absolute Gasteiger partial charge is 0.321 e. The number of benzene rings is 1. The van der Waals surface area contributed by atoms with E-state index in [1.54, 1.807) is 24.5 Å². The van der Waals surface area contributed by atoms with Crippen LogP contribution in [0.1, 0.15) is 9.67 Å². The van der Waals surface area contributed by atoms with Crippen LogP contribution in [0.5, 0.6) is 0 Å². The Bertz CT molecular complexity index is 1390. The minimum atomic E-state index is -3.75. The van der Waals surface area contributed by atoms with Crippen LogP contribution in [0.3, 0.4) is 0 Å². The van der Waals surface area contributed by atoms with Gasteiger partial charge in [-0.2, -0.15) is 0 Å². The summed E-state index contributed by atoms with van der Waals surface area (Å²) in [4.78, 5) is 22.6. The molecule has 0 aliphatic heterocycles. The van der Waals surface area contributed by atoms with E-state index in [4.69, 9.17) is 11.6 Å². The van der Waals surface area contributed by atoms with E-state index >= 15 is 0 Å². The minimum absolute atomic E-state index is 0.0741. The normalized spacial score (nSPS) is 11.7. The fourth-order valence-corrected chi connectivity index (χ4v) is 5.16. The third-order valence-electron chi connectivity index (χ3n) is 4.50. The van der Waals surface area contributed by atoms with E-state index in [0.717, 1.165) is 25.8 Å². The van der Waals surface area contributed by atoms with Crippen molar-refractivity contribution in [1.82, 2.24) is 14.3 Å². The summed E-state index contributed by atoms with van der Waals surface area (Å²) in [5.41, 5.74) is 1.98. The second-order valence-corrected chi connectivity index (χ2v) is 10.4. The van der Waals surface area contributed by atoms with Gasteiger partial charge in [-0.15, -0.1) is 11.3 Å². The highest BCUT2D eigenvalue weighted by atomic mass is 35.5. The molecule has 0 fully saturated rings. The number of fused-ring (bicyclic) bond motifs is 1. The Morgan fingerprint density at radius 3 is 2.61 bits per heavy atom. The third-order valence-corrected chi connectivity index (χ3v) is 7.86. The number of amides is 1. The van der Waals surface area contributed by atoms with Crippen molar-refractivity contribution >= 4 is 54.8 Å². The molecule has 3 heterocycles. The van der Waals surface area contributed by atoms with Crippen LogP contribution in [-0.2, 0) is 10.0 Å². The standard InChI is InChI=1S/C21H17ClN4O3S2/c1-26(2)31(28,29)19-11-15(6-7-16(19)22)25-20(27)18-10-13-9-14(12-24-21(13)30-18)17-5-3-4-8-23-17/h3-12H,1-2H3,(H,25,27). The van der Waals surface area contributed by atoms with Crippen molar-refractivity contribution in [3.63, 3.8) is 0 Å². The maximum atomic E-state index is 12.8. The Balaban J connectivity index is 1.62. The number of nitrogens with zero attached hydrogens (tertiary/aromatic N) is 3. The summed E-state index contributed by atoms with van der Waals surface area (Å²) in [6, 6.07) is 13.7. The van der Waals surface area contributed by atoms with Gasteiger partial charge in [0.1, 0.15) is 9.73 Å². The molecule has 0 unspecified atom stereocenters. The highest BCUT2D eigenvalue weighted by Crippen LogP contribution is 2.30. The first-order chi connectivity index (χ1) is 14.8. The highest BCUT2D eigenvalue weighted by Gasteiger charge is 2.22. The van der Waals surface area contributed by atoms with E-state index < -0.39 is 10.0 Å². The number of aromatic nitrogens is 2. The van der Waals surface area contributed by atoms with Crippen LogP contribution < -0.4 is 5.32 Å². The molecule has 1 aromatic carbocycles. The van der Waals surface area contributed by atoms with Gasteiger partial charge in [0.05, 0.1) is 15.6 Å². The third kappa shape index (κ3) is 4.31. The molecule has 31 heavy (non-hydrogen) atoms. The molecule has 0 aliphatic carbocycles.